The monoisotopic (exact) mass is 340 g/mol. The lowest BCUT2D eigenvalue weighted by atomic mass is 10.1. The molecule has 1 aromatic heterocycles. The van der Waals surface area contributed by atoms with Crippen LogP contribution in [0.3, 0.4) is 0 Å². The van der Waals surface area contributed by atoms with Crippen LogP contribution in [0.1, 0.15) is 17.3 Å². The summed E-state index contributed by atoms with van der Waals surface area (Å²) < 4.78 is 0. The molecule has 1 amide bonds. The molecule has 0 saturated carbocycles. The summed E-state index contributed by atoms with van der Waals surface area (Å²) in [4.78, 5) is 30.8. The number of anilines is 2. The van der Waals surface area contributed by atoms with Gasteiger partial charge in [0.05, 0.1) is 11.9 Å². The first-order valence-electron chi connectivity index (χ1n) is 8.58. The van der Waals surface area contributed by atoms with Gasteiger partial charge < -0.3 is 10.2 Å². The number of hydrogen-bond donors (Lipinski definition) is 2. The summed E-state index contributed by atoms with van der Waals surface area (Å²) in [6, 6.07) is 13.2. The van der Waals surface area contributed by atoms with Gasteiger partial charge in [-0.2, -0.15) is 0 Å². The van der Waals surface area contributed by atoms with Crippen molar-refractivity contribution in [2.75, 3.05) is 42.9 Å². The average molecular weight is 340 g/mol. The SMILES string of the molecule is CC(=O)c1ccccc1NC(=O)C[NH+]1CCN(c2cccc[nH+]2)CC1. The minimum Gasteiger partial charge on any atom is -0.321 e. The molecule has 1 aliphatic rings. The van der Waals surface area contributed by atoms with Gasteiger partial charge in [0, 0.05) is 11.6 Å². The zero-order valence-electron chi connectivity index (χ0n) is 14.4. The lowest BCUT2D eigenvalue weighted by Crippen LogP contribution is -3.15. The number of aromatic amines is 1. The smallest absolute Gasteiger partial charge is 0.279 e. The quantitative estimate of drug-likeness (QED) is 0.756. The number of quaternary nitrogens is 1. The van der Waals surface area contributed by atoms with E-state index < -0.39 is 0 Å². The Hall–Kier alpha value is -2.73. The number of rotatable bonds is 5. The molecule has 0 radical (unpaired) electrons. The van der Waals surface area contributed by atoms with Crippen molar-refractivity contribution in [3.05, 3.63) is 54.2 Å². The predicted octanol–water partition coefficient (Wildman–Crippen LogP) is 0.0469. The molecule has 1 aromatic carbocycles. The third-order valence-electron chi connectivity index (χ3n) is 4.49. The highest BCUT2D eigenvalue weighted by Gasteiger charge is 2.27. The second kappa shape index (κ2) is 7.90. The van der Waals surface area contributed by atoms with Crippen LogP contribution in [0, 0.1) is 0 Å². The topological polar surface area (TPSA) is 68.0 Å². The van der Waals surface area contributed by atoms with Gasteiger partial charge in [-0.25, -0.2) is 4.98 Å². The lowest BCUT2D eigenvalue weighted by molar-refractivity contribution is -0.892. The first-order valence-corrected chi connectivity index (χ1v) is 8.58. The van der Waals surface area contributed by atoms with Crippen LogP contribution in [-0.4, -0.2) is 44.4 Å². The highest BCUT2D eigenvalue weighted by Crippen LogP contribution is 2.15. The van der Waals surface area contributed by atoms with E-state index in [1.165, 1.54) is 11.8 Å². The van der Waals surface area contributed by atoms with Crippen LogP contribution in [0.25, 0.3) is 0 Å². The zero-order valence-corrected chi connectivity index (χ0v) is 14.4. The summed E-state index contributed by atoms with van der Waals surface area (Å²) in [6.45, 7) is 5.56. The molecule has 6 heteroatoms. The molecule has 0 aliphatic carbocycles. The van der Waals surface area contributed by atoms with Gasteiger partial charge >= 0.3 is 0 Å². The van der Waals surface area contributed by atoms with Gasteiger partial charge in [0.1, 0.15) is 26.2 Å². The molecule has 1 saturated heterocycles. The van der Waals surface area contributed by atoms with E-state index in [4.69, 9.17) is 0 Å². The third kappa shape index (κ3) is 4.42. The van der Waals surface area contributed by atoms with Crippen LogP contribution in [0.2, 0.25) is 0 Å². The molecule has 130 valence electrons. The number of piperazine rings is 1. The van der Waals surface area contributed by atoms with E-state index in [1.54, 1.807) is 18.2 Å². The minimum absolute atomic E-state index is 0.0454. The number of benzene rings is 1. The van der Waals surface area contributed by atoms with E-state index in [0.717, 1.165) is 32.0 Å². The maximum atomic E-state index is 12.3. The van der Waals surface area contributed by atoms with E-state index in [2.05, 4.69) is 21.3 Å². The molecule has 0 spiro atoms. The number of carbonyl (C=O) groups is 2. The summed E-state index contributed by atoms with van der Waals surface area (Å²) in [7, 11) is 0. The molecule has 0 unspecified atom stereocenters. The first-order chi connectivity index (χ1) is 12.1. The van der Waals surface area contributed by atoms with Crippen LogP contribution in [-0.2, 0) is 4.79 Å². The van der Waals surface area contributed by atoms with Crippen molar-refractivity contribution < 1.29 is 19.5 Å². The van der Waals surface area contributed by atoms with E-state index in [9.17, 15) is 9.59 Å². The fraction of sp³-hybridized carbons (Fsp3) is 0.316. The van der Waals surface area contributed by atoms with Crippen molar-refractivity contribution >= 4 is 23.2 Å². The second-order valence-electron chi connectivity index (χ2n) is 6.31. The zero-order chi connectivity index (χ0) is 17.6. The molecule has 2 aromatic rings. The number of nitrogens with zero attached hydrogens (tertiary/aromatic N) is 1. The molecule has 6 nitrogen and oxygen atoms in total. The van der Waals surface area contributed by atoms with Gasteiger partial charge in [0.15, 0.2) is 12.3 Å². The highest BCUT2D eigenvalue weighted by molar-refractivity contribution is 6.03. The Bertz CT molecular complexity index is 740. The van der Waals surface area contributed by atoms with Gasteiger partial charge in [0.25, 0.3) is 11.7 Å². The molecular weight excluding hydrogens is 316 g/mol. The Morgan fingerprint density at radius 3 is 2.52 bits per heavy atom. The van der Waals surface area contributed by atoms with Crippen LogP contribution in [0.15, 0.2) is 48.7 Å². The van der Waals surface area contributed by atoms with Crippen molar-refractivity contribution in [2.24, 2.45) is 0 Å². The predicted molar refractivity (Wildman–Crippen MR) is 95.9 cm³/mol. The van der Waals surface area contributed by atoms with Crippen LogP contribution in [0.4, 0.5) is 11.5 Å². The normalized spacial score (nSPS) is 15.0. The second-order valence-corrected chi connectivity index (χ2v) is 6.31. The first kappa shape index (κ1) is 17.1. The maximum absolute atomic E-state index is 12.3. The molecule has 25 heavy (non-hydrogen) atoms. The third-order valence-corrected chi connectivity index (χ3v) is 4.49. The van der Waals surface area contributed by atoms with Crippen molar-refractivity contribution in [3.63, 3.8) is 0 Å². The fourth-order valence-corrected chi connectivity index (χ4v) is 3.14. The summed E-state index contributed by atoms with van der Waals surface area (Å²) in [5, 5.41) is 2.88. The number of carbonyl (C=O) groups excluding carboxylic acids is 2. The van der Waals surface area contributed by atoms with Gasteiger partial charge in [-0.05, 0) is 25.1 Å². The van der Waals surface area contributed by atoms with E-state index in [1.807, 2.05) is 24.4 Å². The highest BCUT2D eigenvalue weighted by atomic mass is 16.2. The number of aromatic nitrogens is 1. The molecular formula is C19H24N4O2+2. The van der Waals surface area contributed by atoms with Gasteiger partial charge in [-0.3, -0.25) is 14.5 Å². The van der Waals surface area contributed by atoms with E-state index in [0.29, 0.717) is 17.8 Å². The fourth-order valence-electron chi connectivity index (χ4n) is 3.14. The van der Waals surface area contributed by atoms with Crippen LogP contribution >= 0.6 is 0 Å². The minimum atomic E-state index is -0.0524. The molecule has 0 atom stereocenters. The van der Waals surface area contributed by atoms with Crippen molar-refractivity contribution in [2.45, 2.75) is 6.92 Å². The number of amides is 1. The lowest BCUT2D eigenvalue weighted by Gasteiger charge is -2.27. The number of para-hydroxylation sites is 1. The largest absolute Gasteiger partial charge is 0.321 e. The number of hydrogen-bond acceptors (Lipinski definition) is 3. The average Bonchev–Trinajstić information content (AvgIpc) is 2.63. The Labute approximate surface area is 147 Å². The van der Waals surface area contributed by atoms with E-state index >= 15 is 0 Å². The number of ketones is 1. The van der Waals surface area contributed by atoms with Gasteiger partial charge in [0.2, 0.25) is 0 Å². The molecule has 2 heterocycles. The Morgan fingerprint density at radius 1 is 1.12 bits per heavy atom. The Kier molecular flexibility index (Phi) is 5.40. The van der Waals surface area contributed by atoms with E-state index in [-0.39, 0.29) is 11.7 Å². The molecule has 1 fully saturated rings. The molecule has 3 N–H and O–H groups in total. The summed E-state index contributed by atoms with van der Waals surface area (Å²) in [5.74, 6) is 1.01. The molecule has 3 rings (SSSR count). The van der Waals surface area contributed by atoms with Crippen LogP contribution < -0.4 is 20.1 Å². The summed E-state index contributed by atoms with van der Waals surface area (Å²) >= 11 is 0. The summed E-state index contributed by atoms with van der Waals surface area (Å²) in [6.07, 6.45) is 1.93. The molecule has 0 bridgehead atoms. The Balaban J connectivity index is 1.52. The van der Waals surface area contributed by atoms with Crippen LogP contribution in [0.5, 0.6) is 0 Å². The Morgan fingerprint density at radius 2 is 1.84 bits per heavy atom. The number of nitrogens with one attached hydrogen (secondary N) is 3. The summed E-state index contributed by atoms with van der Waals surface area (Å²) in [5.41, 5.74) is 1.15. The van der Waals surface area contributed by atoms with Crippen molar-refractivity contribution in [3.8, 4) is 0 Å². The maximum Gasteiger partial charge on any atom is 0.279 e. The number of pyridine rings is 1. The van der Waals surface area contributed by atoms with Gasteiger partial charge in [-0.1, -0.05) is 18.2 Å². The standard InChI is InChI=1S/C19H22N4O2/c1-15(24)16-6-2-3-7-17(16)21-19(25)14-22-10-12-23(13-11-22)18-8-4-5-9-20-18/h2-9H,10-14H2,1H3,(H,21,25)/p+2. The van der Waals surface area contributed by atoms with Crippen molar-refractivity contribution in [1.29, 1.82) is 0 Å². The van der Waals surface area contributed by atoms with Gasteiger partial charge in [-0.15, -0.1) is 0 Å². The number of H-pyrrole nitrogens is 1. The van der Waals surface area contributed by atoms with Crippen molar-refractivity contribution in [1.82, 2.24) is 0 Å². The number of Topliss-reactive ketones (excluding diaryl/α,β-unsaturated/α-hetero) is 1. The molecule has 1 aliphatic heterocycles.